The standard InChI is InChI=1S/C18H16ClNO4S/c1-22-10-5-7-15-12(8-10)16(19)17(25-15)18(21)20-13-9-11(23-2)4-6-14(13)24-3/h4-9H,1-3H3,(H,20,21). The number of hydrogen-bond donors (Lipinski definition) is 1. The van der Waals surface area contributed by atoms with Crippen molar-refractivity contribution in [2.45, 2.75) is 0 Å². The third-order valence-electron chi connectivity index (χ3n) is 3.70. The second-order valence-corrected chi connectivity index (χ2v) is 6.56. The van der Waals surface area contributed by atoms with Gasteiger partial charge in [-0.2, -0.15) is 0 Å². The summed E-state index contributed by atoms with van der Waals surface area (Å²) in [6.45, 7) is 0. The van der Waals surface area contributed by atoms with Crippen LogP contribution in [-0.2, 0) is 0 Å². The molecule has 0 aliphatic rings. The van der Waals surface area contributed by atoms with Gasteiger partial charge in [0.05, 0.1) is 32.0 Å². The maximum absolute atomic E-state index is 12.7. The second-order valence-electron chi connectivity index (χ2n) is 5.13. The molecule has 0 radical (unpaired) electrons. The predicted molar refractivity (Wildman–Crippen MR) is 101 cm³/mol. The number of methoxy groups -OCH3 is 3. The molecule has 1 N–H and O–H groups in total. The molecule has 1 amide bonds. The molecule has 5 nitrogen and oxygen atoms in total. The molecule has 0 unspecified atom stereocenters. The molecule has 3 rings (SSSR count). The number of nitrogens with one attached hydrogen (secondary N) is 1. The molecule has 25 heavy (non-hydrogen) atoms. The van der Waals surface area contributed by atoms with Crippen LogP contribution in [0.3, 0.4) is 0 Å². The predicted octanol–water partition coefficient (Wildman–Crippen LogP) is 4.83. The smallest absolute Gasteiger partial charge is 0.267 e. The van der Waals surface area contributed by atoms with Gasteiger partial charge in [0.1, 0.15) is 22.1 Å². The number of benzene rings is 2. The molecule has 0 fully saturated rings. The summed E-state index contributed by atoms with van der Waals surface area (Å²) in [6.07, 6.45) is 0. The van der Waals surface area contributed by atoms with Crippen LogP contribution in [0.15, 0.2) is 36.4 Å². The number of fused-ring (bicyclic) bond motifs is 1. The van der Waals surface area contributed by atoms with Crippen molar-refractivity contribution < 1.29 is 19.0 Å². The van der Waals surface area contributed by atoms with E-state index in [1.807, 2.05) is 18.2 Å². The average molecular weight is 378 g/mol. The molecule has 0 aliphatic carbocycles. The summed E-state index contributed by atoms with van der Waals surface area (Å²) < 4.78 is 16.6. The largest absolute Gasteiger partial charge is 0.497 e. The zero-order valence-corrected chi connectivity index (χ0v) is 15.5. The molecule has 130 valence electrons. The molecule has 0 aliphatic heterocycles. The third-order valence-corrected chi connectivity index (χ3v) is 5.37. The van der Waals surface area contributed by atoms with E-state index in [2.05, 4.69) is 5.32 Å². The Bertz CT molecular complexity index is 938. The van der Waals surface area contributed by atoms with Crippen LogP contribution >= 0.6 is 22.9 Å². The van der Waals surface area contributed by atoms with E-state index in [4.69, 9.17) is 25.8 Å². The molecule has 3 aromatic rings. The van der Waals surface area contributed by atoms with Crippen LogP contribution in [-0.4, -0.2) is 27.2 Å². The van der Waals surface area contributed by atoms with Gasteiger partial charge in [0.2, 0.25) is 0 Å². The SMILES string of the molecule is COc1ccc(OC)c(NC(=O)c2sc3ccc(OC)cc3c2Cl)c1. The van der Waals surface area contributed by atoms with Gasteiger partial charge in [-0.15, -0.1) is 11.3 Å². The van der Waals surface area contributed by atoms with Crippen LogP contribution in [0.1, 0.15) is 9.67 Å². The van der Waals surface area contributed by atoms with E-state index >= 15 is 0 Å². The molecule has 0 spiro atoms. The highest BCUT2D eigenvalue weighted by Crippen LogP contribution is 2.38. The molecule has 0 bridgehead atoms. The summed E-state index contributed by atoms with van der Waals surface area (Å²) in [5.74, 6) is 1.53. The number of hydrogen-bond acceptors (Lipinski definition) is 5. The maximum atomic E-state index is 12.7. The van der Waals surface area contributed by atoms with Crippen molar-refractivity contribution in [2.24, 2.45) is 0 Å². The van der Waals surface area contributed by atoms with Crippen molar-refractivity contribution in [3.05, 3.63) is 46.3 Å². The highest BCUT2D eigenvalue weighted by atomic mass is 35.5. The minimum atomic E-state index is -0.309. The van der Waals surface area contributed by atoms with Crippen LogP contribution in [0.25, 0.3) is 10.1 Å². The van der Waals surface area contributed by atoms with E-state index < -0.39 is 0 Å². The first-order chi connectivity index (χ1) is 12.1. The number of anilines is 1. The van der Waals surface area contributed by atoms with Crippen LogP contribution in [0.5, 0.6) is 17.2 Å². The maximum Gasteiger partial charge on any atom is 0.267 e. The van der Waals surface area contributed by atoms with Gasteiger partial charge in [-0.1, -0.05) is 11.6 Å². The first-order valence-electron chi connectivity index (χ1n) is 7.36. The van der Waals surface area contributed by atoms with E-state index in [1.54, 1.807) is 32.4 Å². The van der Waals surface area contributed by atoms with E-state index in [1.165, 1.54) is 18.4 Å². The third kappa shape index (κ3) is 3.36. The molecule has 0 atom stereocenters. The summed E-state index contributed by atoms with van der Waals surface area (Å²) in [4.78, 5) is 13.1. The van der Waals surface area contributed by atoms with Crippen molar-refractivity contribution in [1.29, 1.82) is 0 Å². The van der Waals surface area contributed by atoms with Gasteiger partial charge in [-0.3, -0.25) is 4.79 Å². The number of ether oxygens (including phenoxy) is 3. The van der Waals surface area contributed by atoms with E-state index in [0.717, 1.165) is 10.1 Å². The van der Waals surface area contributed by atoms with E-state index in [0.29, 0.717) is 32.8 Å². The Morgan fingerprint density at radius 2 is 1.68 bits per heavy atom. The Balaban J connectivity index is 1.96. The van der Waals surface area contributed by atoms with Crippen molar-refractivity contribution in [3.8, 4) is 17.2 Å². The van der Waals surface area contributed by atoms with Crippen molar-refractivity contribution >= 4 is 44.6 Å². The molecule has 0 saturated carbocycles. The number of halogens is 1. The average Bonchev–Trinajstić information content (AvgIpc) is 2.97. The molecule has 7 heteroatoms. The quantitative estimate of drug-likeness (QED) is 0.691. The number of rotatable bonds is 5. The lowest BCUT2D eigenvalue weighted by molar-refractivity contribution is 0.103. The van der Waals surface area contributed by atoms with Crippen molar-refractivity contribution in [2.75, 3.05) is 26.6 Å². The molecular weight excluding hydrogens is 362 g/mol. The number of carbonyl (C=O) groups excluding carboxylic acids is 1. The van der Waals surface area contributed by atoms with Gasteiger partial charge < -0.3 is 19.5 Å². The van der Waals surface area contributed by atoms with Gasteiger partial charge in [-0.05, 0) is 30.3 Å². The Morgan fingerprint density at radius 3 is 2.36 bits per heavy atom. The molecule has 1 heterocycles. The van der Waals surface area contributed by atoms with Crippen LogP contribution in [0.4, 0.5) is 5.69 Å². The first-order valence-corrected chi connectivity index (χ1v) is 8.56. The Kier molecular flexibility index (Phi) is 5.01. The summed E-state index contributed by atoms with van der Waals surface area (Å²) in [7, 11) is 4.68. The van der Waals surface area contributed by atoms with Crippen molar-refractivity contribution in [3.63, 3.8) is 0 Å². The van der Waals surface area contributed by atoms with Gasteiger partial charge in [0, 0.05) is 16.2 Å². The van der Waals surface area contributed by atoms with Crippen molar-refractivity contribution in [1.82, 2.24) is 0 Å². The molecule has 1 aromatic heterocycles. The van der Waals surface area contributed by atoms with Crippen LogP contribution in [0, 0.1) is 0 Å². The molecule has 2 aromatic carbocycles. The van der Waals surface area contributed by atoms with E-state index in [9.17, 15) is 4.79 Å². The van der Waals surface area contributed by atoms with Crippen LogP contribution in [0.2, 0.25) is 5.02 Å². The number of amides is 1. The fraction of sp³-hybridized carbons (Fsp3) is 0.167. The van der Waals surface area contributed by atoms with Gasteiger partial charge >= 0.3 is 0 Å². The topological polar surface area (TPSA) is 56.8 Å². The molecular formula is C18H16ClNO4S. The second kappa shape index (κ2) is 7.21. The fourth-order valence-electron chi connectivity index (χ4n) is 2.41. The lowest BCUT2D eigenvalue weighted by atomic mass is 10.2. The zero-order chi connectivity index (χ0) is 18.0. The minimum Gasteiger partial charge on any atom is -0.497 e. The van der Waals surface area contributed by atoms with Crippen LogP contribution < -0.4 is 19.5 Å². The lowest BCUT2D eigenvalue weighted by Gasteiger charge is -2.11. The molecule has 0 saturated heterocycles. The van der Waals surface area contributed by atoms with Gasteiger partial charge in [0.25, 0.3) is 5.91 Å². The Morgan fingerprint density at radius 1 is 1.00 bits per heavy atom. The monoisotopic (exact) mass is 377 g/mol. The Hall–Kier alpha value is -2.44. The Labute approximate surface area is 154 Å². The summed E-state index contributed by atoms with van der Waals surface area (Å²) in [5, 5.41) is 4.02. The van der Waals surface area contributed by atoms with Gasteiger partial charge in [0.15, 0.2) is 0 Å². The number of carbonyl (C=O) groups is 1. The first kappa shape index (κ1) is 17.4. The fourth-order valence-corrected chi connectivity index (χ4v) is 3.79. The lowest BCUT2D eigenvalue weighted by Crippen LogP contribution is -2.11. The van der Waals surface area contributed by atoms with E-state index in [-0.39, 0.29) is 5.91 Å². The minimum absolute atomic E-state index is 0.309. The number of thiophene rings is 1. The normalized spacial score (nSPS) is 10.6. The summed E-state index contributed by atoms with van der Waals surface area (Å²) >= 11 is 7.74. The van der Waals surface area contributed by atoms with Gasteiger partial charge in [-0.25, -0.2) is 0 Å². The zero-order valence-electron chi connectivity index (χ0n) is 13.9. The summed E-state index contributed by atoms with van der Waals surface area (Å²) in [5.41, 5.74) is 0.512. The summed E-state index contributed by atoms with van der Waals surface area (Å²) in [6, 6.07) is 10.7. The highest BCUT2D eigenvalue weighted by Gasteiger charge is 2.19. The highest BCUT2D eigenvalue weighted by molar-refractivity contribution is 7.21.